The standard InChI is InChI=1S/C16H30O7/c1-4-18-5-6-19-7-8-20-9-10-21-11-12-22-13-14-23-16(17)15(2)3/h2,4-14H2,1,3H3. The summed E-state index contributed by atoms with van der Waals surface area (Å²) in [5, 5.41) is 0. The molecule has 7 nitrogen and oxygen atoms in total. The van der Waals surface area contributed by atoms with E-state index in [9.17, 15) is 4.79 Å². The Morgan fingerprint density at radius 1 is 0.696 bits per heavy atom. The van der Waals surface area contributed by atoms with Gasteiger partial charge in [0.25, 0.3) is 0 Å². The van der Waals surface area contributed by atoms with Gasteiger partial charge in [-0.05, 0) is 13.8 Å². The summed E-state index contributed by atoms with van der Waals surface area (Å²) >= 11 is 0. The van der Waals surface area contributed by atoms with E-state index in [1.54, 1.807) is 6.92 Å². The highest BCUT2D eigenvalue weighted by molar-refractivity contribution is 5.86. The van der Waals surface area contributed by atoms with Crippen LogP contribution in [0.3, 0.4) is 0 Å². The summed E-state index contributed by atoms with van der Waals surface area (Å²) in [5.41, 5.74) is 0.382. The minimum Gasteiger partial charge on any atom is -0.460 e. The van der Waals surface area contributed by atoms with E-state index in [1.807, 2.05) is 6.92 Å². The molecule has 0 unspecified atom stereocenters. The molecule has 0 amide bonds. The lowest BCUT2D eigenvalue weighted by atomic mass is 10.4. The van der Waals surface area contributed by atoms with E-state index in [0.29, 0.717) is 71.6 Å². The Labute approximate surface area is 138 Å². The largest absolute Gasteiger partial charge is 0.460 e. The predicted octanol–water partition coefficient (Wildman–Crippen LogP) is 1.21. The monoisotopic (exact) mass is 334 g/mol. The lowest BCUT2D eigenvalue weighted by molar-refractivity contribution is -0.140. The van der Waals surface area contributed by atoms with Gasteiger partial charge >= 0.3 is 5.97 Å². The summed E-state index contributed by atoms with van der Waals surface area (Å²) in [4.78, 5) is 11.1. The molecule has 0 aromatic carbocycles. The fraction of sp³-hybridized carbons (Fsp3) is 0.812. The number of ether oxygens (including phenoxy) is 6. The van der Waals surface area contributed by atoms with Crippen molar-refractivity contribution in [1.29, 1.82) is 0 Å². The van der Waals surface area contributed by atoms with Crippen molar-refractivity contribution in [2.24, 2.45) is 0 Å². The molecule has 0 rings (SSSR count). The van der Waals surface area contributed by atoms with Gasteiger partial charge in [0, 0.05) is 12.2 Å². The zero-order chi connectivity index (χ0) is 17.2. The summed E-state index contributed by atoms with van der Waals surface area (Å²) in [7, 11) is 0. The van der Waals surface area contributed by atoms with Crippen LogP contribution in [0.15, 0.2) is 12.2 Å². The normalized spacial score (nSPS) is 10.7. The van der Waals surface area contributed by atoms with Crippen LogP contribution in [0, 0.1) is 0 Å². The van der Waals surface area contributed by atoms with Gasteiger partial charge in [-0.1, -0.05) is 6.58 Å². The number of carbonyl (C=O) groups excluding carboxylic acids is 1. The van der Waals surface area contributed by atoms with Crippen LogP contribution in [-0.4, -0.2) is 78.6 Å². The van der Waals surface area contributed by atoms with Crippen LogP contribution in [0.4, 0.5) is 0 Å². The number of hydrogen-bond donors (Lipinski definition) is 0. The van der Waals surface area contributed by atoms with Gasteiger partial charge in [0.15, 0.2) is 0 Å². The molecule has 0 aliphatic rings. The van der Waals surface area contributed by atoms with Crippen LogP contribution >= 0.6 is 0 Å². The molecule has 0 fully saturated rings. The first kappa shape index (κ1) is 22.0. The van der Waals surface area contributed by atoms with Crippen LogP contribution < -0.4 is 0 Å². The molecule has 0 bridgehead atoms. The molecule has 0 N–H and O–H groups in total. The lowest BCUT2D eigenvalue weighted by Crippen LogP contribution is -2.15. The summed E-state index contributed by atoms with van der Waals surface area (Å²) < 4.78 is 31.2. The highest BCUT2D eigenvalue weighted by atomic mass is 16.6. The van der Waals surface area contributed by atoms with Gasteiger partial charge < -0.3 is 28.4 Å². The fourth-order valence-corrected chi connectivity index (χ4v) is 1.34. The molecular weight excluding hydrogens is 304 g/mol. The van der Waals surface area contributed by atoms with E-state index < -0.39 is 5.97 Å². The molecule has 0 aromatic heterocycles. The van der Waals surface area contributed by atoms with Gasteiger partial charge in [0.05, 0.1) is 59.5 Å². The van der Waals surface area contributed by atoms with Gasteiger partial charge in [-0.3, -0.25) is 0 Å². The third kappa shape index (κ3) is 17.2. The van der Waals surface area contributed by atoms with Crippen molar-refractivity contribution >= 4 is 5.97 Å². The maximum Gasteiger partial charge on any atom is 0.333 e. The van der Waals surface area contributed by atoms with Crippen molar-refractivity contribution in [2.75, 3.05) is 72.7 Å². The molecular formula is C16H30O7. The molecule has 0 saturated heterocycles. The summed E-state index contributed by atoms with van der Waals surface area (Å²) in [6.45, 7) is 12.6. The van der Waals surface area contributed by atoms with E-state index in [2.05, 4.69) is 6.58 Å². The Morgan fingerprint density at radius 3 is 1.39 bits per heavy atom. The molecule has 0 atom stereocenters. The second kappa shape index (κ2) is 17.4. The van der Waals surface area contributed by atoms with E-state index >= 15 is 0 Å². The first-order valence-electron chi connectivity index (χ1n) is 7.89. The topological polar surface area (TPSA) is 72.5 Å². The first-order valence-corrected chi connectivity index (χ1v) is 7.89. The lowest BCUT2D eigenvalue weighted by Gasteiger charge is -2.08. The Bertz CT molecular complexity index is 294. The number of hydrogen-bond acceptors (Lipinski definition) is 7. The number of esters is 1. The Hall–Kier alpha value is -0.990. The van der Waals surface area contributed by atoms with Crippen molar-refractivity contribution < 1.29 is 33.2 Å². The SMILES string of the molecule is C=C(C)C(=O)OCCOCCOCCOCCOCCOCC. The summed E-state index contributed by atoms with van der Waals surface area (Å²) in [6, 6.07) is 0. The molecule has 0 spiro atoms. The van der Waals surface area contributed by atoms with Crippen molar-refractivity contribution in [2.45, 2.75) is 13.8 Å². The van der Waals surface area contributed by atoms with Crippen LogP contribution in [0.1, 0.15) is 13.8 Å². The Balaban J connectivity index is 3.05. The van der Waals surface area contributed by atoms with Crippen LogP contribution in [0.2, 0.25) is 0 Å². The Kier molecular flexibility index (Phi) is 16.6. The van der Waals surface area contributed by atoms with Gasteiger partial charge in [-0.15, -0.1) is 0 Å². The molecule has 0 radical (unpaired) electrons. The molecule has 7 heteroatoms. The van der Waals surface area contributed by atoms with Gasteiger partial charge in [-0.25, -0.2) is 4.79 Å². The molecule has 23 heavy (non-hydrogen) atoms. The predicted molar refractivity (Wildman–Crippen MR) is 85.5 cm³/mol. The highest BCUT2D eigenvalue weighted by Crippen LogP contribution is 1.91. The maximum atomic E-state index is 11.1. The number of carbonyl (C=O) groups is 1. The highest BCUT2D eigenvalue weighted by Gasteiger charge is 2.01. The van der Waals surface area contributed by atoms with Crippen molar-refractivity contribution in [3.8, 4) is 0 Å². The fourth-order valence-electron chi connectivity index (χ4n) is 1.34. The summed E-state index contributed by atoms with van der Waals surface area (Å²) in [5.74, 6) is -0.399. The smallest absolute Gasteiger partial charge is 0.333 e. The molecule has 0 heterocycles. The third-order valence-corrected chi connectivity index (χ3v) is 2.50. The van der Waals surface area contributed by atoms with Crippen LogP contribution in [0.25, 0.3) is 0 Å². The quantitative estimate of drug-likeness (QED) is 0.225. The van der Waals surface area contributed by atoms with E-state index in [0.717, 1.165) is 0 Å². The van der Waals surface area contributed by atoms with Crippen LogP contribution in [0.5, 0.6) is 0 Å². The molecule has 0 aliphatic carbocycles. The minimum absolute atomic E-state index is 0.220. The average Bonchev–Trinajstić information content (AvgIpc) is 2.54. The van der Waals surface area contributed by atoms with Crippen molar-refractivity contribution in [1.82, 2.24) is 0 Å². The van der Waals surface area contributed by atoms with E-state index in [4.69, 9.17) is 28.4 Å². The number of rotatable bonds is 17. The van der Waals surface area contributed by atoms with E-state index in [-0.39, 0.29) is 6.61 Å². The van der Waals surface area contributed by atoms with Crippen molar-refractivity contribution in [3.63, 3.8) is 0 Å². The Morgan fingerprint density at radius 2 is 1.04 bits per heavy atom. The van der Waals surface area contributed by atoms with Crippen molar-refractivity contribution in [3.05, 3.63) is 12.2 Å². The zero-order valence-electron chi connectivity index (χ0n) is 14.3. The third-order valence-electron chi connectivity index (χ3n) is 2.50. The van der Waals surface area contributed by atoms with Gasteiger partial charge in [0.2, 0.25) is 0 Å². The maximum absolute atomic E-state index is 11.1. The minimum atomic E-state index is -0.399. The first-order chi connectivity index (χ1) is 11.2. The average molecular weight is 334 g/mol. The zero-order valence-corrected chi connectivity index (χ0v) is 14.3. The second-order valence-electron chi connectivity index (χ2n) is 4.56. The molecule has 0 aliphatic heterocycles. The van der Waals surface area contributed by atoms with E-state index in [1.165, 1.54) is 0 Å². The second-order valence-corrected chi connectivity index (χ2v) is 4.56. The summed E-state index contributed by atoms with van der Waals surface area (Å²) in [6.07, 6.45) is 0. The van der Waals surface area contributed by atoms with Gasteiger partial charge in [0.1, 0.15) is 6.61 Å². The van der Waals surface area contributed by atoms with Crippen LogP contribution in [-0.2, 0) is 33.2 Å². The molecule has 0 aromatic rings. The van der Waals surface area contributed by atoms with Gasteiger partial charge in [-0.2, -0.15) is 0 Å². The molecule has 0 saturated carbocycles. The molecule has 136 valence electrons.